The predicted molar refractivity (Wildman–Crippen MR) is 149 cm³/mol. The number of carbonyl (C=O) groups excluding carboxylic acids is 2. The monoisotopic (exact) mass is 527 g/mol. The van der Waals surface area contributed by atoms with Gasteiger partial charge in [-0.1, -0.05) is 62.7 Å². The van der Waals surface area contributed by atoms with Crippen LogP contribution < -0.4 is 16.2 Å². The molecule has 2 aliphatic rings. The number of hydrogen-bond donors (Lipinski definition) is 1. The summed E-state index contributed by atoms with van der Waals surface area (Å²) < 4.78 is 2.05. The molecule has 2 aromatic rings. The first-order chi connectivity index (χ1) is 17.3. The Hall–Kier alpha value is -2.72. The molecule has 0 saturated carbocycles. The summed E-state index contributed by atoms with van der Waals surface area (Å²) in [5.41, 5.74) is 7.10. The number of piperidine rings is 1. The summed E-state index contributed by atoms with van der Waals surface area (Å²) in [6.07, 6.45) is 10.1. The molecule has 4 heterocycles. The Bertz CT molecular complexity index is 1260. The summed E-state index contributed by atoms with van der Waals surface area (Å²) in [5.74, 6) is -0.109. The summed E-state index contributed by atoms with van der Waals surface area (Å²) >= 11 is 6.74. The number of nitrogens with two attached hydrogens (primary N) is 1. The van der Waals surface area contributed by atoms with Crippen LogP contribution in [0.25, 0.3) is 11.7 Å². The number of pyridine rings is 1. The molecule has 8 nitrogen and oxygen atoms in total. The molecule has 2 aliphatic heterocycles. The van der Waals surface area contributed by atoms with Gasteiger partial charge in [-0.25, -0.2) is 4.98 Å². The van der Waals surface area contributed by atoms with E-state index in [9.17, 15) is 14.4 Å². The fourth-order valence-corrected chi connectivity index (χ4v) is 5.98. The van der Waals surface area contributed by atoms with Gasteiger partial charge in [-0.05, 0) is 43.9 Å². The van der Waals surface area contributed by atoms with Crippen LogP contribution in [0.3, 0.4) is 0 Å². The molecule has 2 amide bonds. The maximum Gasteiger partial charge on any atom is 0.267 e. The topological polar surface area (TPSA) is 101 Å². The van der Waals surface area contributed by atoms with Crippen molar-refractivity contribution in [1.29, 1.82) is 0 Å². The summed E-state index contributed by atoms with van der Waals surface area (Å²) in [7, 11) is 0. The van der Waals surface area contributed by atoms with Crippen LogP contribution in [-0.4, -0.2) is 50.1 Å². The first-order valence-corrected chi connectivity index (χ1v) is 13.8. The van der Waals surface area contributed by atoms with E-state index in [0.717, 1.165) is 24.8 Å². The van der Waals surface area contributed by atoms with E-state index in [1.54, 1.807) is 17.2 Å². The van der Waals surface area contributed by atoms with Gasteiger partial charge in [0.05, 0.1) is 10.5 Å². The van der Waals surface area contributed by atoms with Gasteiger partial charge in [0.15, 0.2) is 0 Å². The third-order valence-electron chi connectivity index (χ3n) is 6.82. The number of carbonyl (C=O) groups is 2. The third kappa shape index (κ3) is 5.64. The van der Waals surface area contributed by atoms with Crippen molar-refractivity contribution in [2.75, 3.05) is 24.5 Å². The molecule has 0 bridgehead atoms. The molecule has 36 heavy (non-hydrogen) atoms. The first kappa shape index (κ1) is 26.3. The highest BCUT2D eigenvalue weighted by atomic mass is 32.2. The predicted octanol–water partition coefficient (Wildman–Crippen LogP) is 3.88. The number of primary amides is 1. The number of aryl methyl sites for hydroxylation is 1. The van der Waals surface area contributed by atoms with Crippen molar-refractivity contribution in [3.8, 4) is 0 Å². The zero-order valence-electron chi connectivity index (χ0n) is 20.9. The number of fused-ring (bicyclic) bond motifs is 1. The number of thiocarbonyl (C=S) groups is 1. The number of aromatic nitrogens is 2. The fourth-order valence-electron chi connectivity index (χ4n) is 4.69. The van der Waals surface area contributed by atoms with Crippen LogP contribution in [0.1, 0.15) is 63.0 Å². The van der Waals surface area contributed by atoms with Crippen molar-refractivity contribution in [2.45, 2.75) is 58.8 Å². The van der Waals surface area contributed by atoms with Crippen molar-refractivity contribution in [3.63, 3.8) is 0 Å². The van der Waals surface area contributed by atoms with Crippen molar-refractivity contribution < 1.29 is 9.59 Å². The fraction of sp³-hybridized carbons (Fsp3) is 0.500. The zero-order valence-corrected chi connectivity index (χ0v) is 22.5. The van der Waals surface area contributed by atoms with Gasteiger partial charge in [0.25, 0.3) is 11.5 Å². The zero-order chi connectivity index (χ0) is 25.8. The Balaban J connectivity index is 1.67. The van der Waals surface area contributed by atoms with E-state index in [-0.39, 0.29) is 23.3 Å². The van der Waals surface area contributed by atoms with Crippen LogP contribution in [-0.2, 0) is 9.59 Å². The second-order valence-electron chi connectivity index (χ2n) is 9.50. The first-order valence-electron chi connectivity index (χ1n) is 12.6. The summed E-state index contributed by atoms with van der Waals surface area (Å²) in [5, 5.41) is 0. The van der Waals surface area contributed by atoms with Crippen molar-refractivity contribution in [2.24, 2.45) is 11.7 Å². The molecule has 0 atom stereocenters. The summed E-state index contributed by atoms with van der Waals surface area (Å²) in [6.45, 7) is 5.79. The van der Waals surface area contributed by atoms with E-state index in [2.05, 4.69) is 6.92 Å². The van der Waals surface area contributed by atoms with Crippen LogP contribution in [0.5, 0.6) is 0 Å². The molecule has 0 spiro atoms. The number of thioether (sulfide) groups is 1. The third-order valence-corrected chi connectivity index (χ3v) is 8.19. The molecule has 0 aliphatic carbocycles. The highest BCUT2D eigenvalue weighted by Gasteiger charge is 2.33. The van der Waals surface area contributed by atoms with Gasteiger partial charge < -0.3 is 10.6 Å². The molecule has 2 fully saturated rings. The quantitative estimate of drug-likeness (QED) is 0.300. The molecular weight excluding hydrogens is 494 g/mol. The van der Waals surface area contributed by atoms with E-state index in [4.69, 9.17) is 22.9 Å². The van der Waals surface area contributed by atoms with Crippen molar-refractivity contribution in [1.82, 2.24) is 14.3 Å². The molecule has 0 unspecified atom stereocenters. The van der Waals surface area contributed by atoms with Gasteiger partial charge in [0, 0.05) is 31.7 Å². The highest BCUT2D eigenvalue weighted by molar-refractivity contribution is 8.26. The molecule has 10 heteroatoms. The van der Waals surface area contributed by atoms with Crippen LogP contribution >= 0.6 is 24.0 Å². The van der Waals surface area contributed by atoms with Crippen LogP contribution in [0.4, 0.5) is 5.82 Å². The van der Waals surface area contributed by atoms with E-state index in [1.165, 1.54) is 29.0 Å². The minimum atomic E-state index is -0.296. The Morgan fingerprint density at radius 1 is 1.19 bits per heavy atom. The SMILES string of the molecule is CCCCCCCN1C(=O)/C(=C\c2c(N3CCC(C(N)=O)CC3)nc3ccc(C)cn3c2=O)SC1=S. The van der Waals surface area contributed by atoms with E-state index in [1.807, 2.05) is 24.0 Å². The van der Waals surface area contributed by atoms with Crippen LogP contribution in [0.15, 0.2) is 28.0 Å². The van der Waals surface area contributed by atoms with Gasteiger partial charge in [-0.3, -0.25) is 23.7 Å². The van der Waals surface area contributed by atoms with Gasteiger partial charge in [0.2, 0.25) is 5.91 Å². The highest BCUT2D eigenvalue weighted by Crippen LogP contribution is 2.34. The van der Waals surface area contributed by atoms with Crippen molar-refractivity contribution >= 4 is 57.7 Å². The lowest BCUT2D eigenvalue weighted by Crippen LogP contribution is -2.40. The number of anilines is 1. The van der Waals surface area contributed by atoms with Gasteiger partial charge in [-0.15, -0.1) is 0 Å². The standard InChI is InChI=1S/C26H33N5O3S2/c1-3-4-5-6-7-12-30-25(34)20(36-26(30)35)15-19-23(29-13-10-18(11-14-29)22(27)32)28-21-9-8-17(2)16-31(21)24(19)33/h8-9,15-16,18H,3-7,10-14H2,1-2H3,(H2,27,32)/b20-15+. The normalized spacial score (nSPS) is 18.1. The van der Waals surface area contributed by atoms with E-state index < -0.39 is 0 Å². The number of amides is 2. The molecular formula is C26H33N5O3S2. The molecule has 4 rings (SSSR count). The lowest BCUT2D eigenvalue weighted by Gasteiger charge is -2.32. The molecule has 0 radical (unpaired) electrons. The summed E-state index contributed by atoms with van der Waals surface area (Å²) in [4.78, 5) is 47.4. The number of nitrogens with zero attached hydrogens (tertiary/aromatic N) is 4. The average Bonchev–Trinajstić information content (AvgIpc) is 3.13. The minimum absolute atomic E-state index is 0.160. The Kier molecular flexibility index (Phi) is 8.46. The number of rotatable bonds is 9. The van der Waals surface area contributed by atoms with E-state index >= 15 is 0 Å². The lowest BCUT2D eigenvalue weighted by molar-refractivity contribution is -0.123. The average molecular weight is 528 g/mol. The molecule has 2 saturated heterocycles. The second kappa shape index (κ2) is 11.6. The molecule has 2 N–H and O–H groups in total. The molecule has 2 aromatic heterocycles. The Labute approximate surface area is 220 Å². The lowest BCUT2D eigenvalue weighted by atomic mass is 9.96. The molecule has 192 valence electrons. The van der Waals surface area contributed by atoms with Gasteiger partial charge in [-0.2, -0.15) is 0 Å². The molecule has 0 aromatic carbocycles. The van der Waals surface area contributed by atoms with Crippen LogP contribution in [0.2, 0.25) is 0 Å². The maximum absolute atomic E-state index is 13.7. The number of hydrogen-bond acceptors (Lipinski definition) is 7. The Morgan fingerprint density at radius 3 is 2.61 bits per heavy atom. The van der Waals surface area contributed by atoms with Gasteiger partial charge >= 0.3 is 0 Å². The Morgan fingerprint density at radius 2 is 1.92 bits per heavy atom. The second-order valence-corrected chi connectivity index (χ2v) is 11.2. The van der Waals surface area contributed by atoms with Gasteiger partial charge in [0.1, 0.15) is 15.8 Å². The summed E-state index contributed by atoms with van der Waals surface area (Å²) in [6, 6.07) is 3.73. The smallest absolute Gasteiger partial charge is 0.267 e. The number of unbranched alkanes of at least 4 members (excludes halogenated alkanes) is 4. The maximum atomic E-state index is 13.7. The minimum Gasteiger partial charge on any atom is -0.369 e. The largest absolute Gasteiger partial charge is 0.369 e. The van der Waals surface area contributed by atoms with Crippen molar-refractivity contribution in [3.05, 3.63) is 44.7 Å². The van der Waals surface area contributed by atoms with Crippen LogP contribution in [0, 0.1) is 12.8 Å². The van der Waals surface area contributed by atoms with E-state index in [0.29, 0.717) is 58.7 Å².